The number of nitrogen functional groups attached to an aromatic ring is 1. The van der Waals surface area contributed by atoms with Crippen LogP contribution in [0.2, 0.25) is 0 Å². The van der Waals surface area contributed by atoms with Gasteiger partial charge in [-0.15, -0.1) is 0 Å². The topological polar surface area (TPSA) is 55.6 Å². The molecule has 1 saturated heterocycles. The van der Waals surface area contributed by atoms with Crippen LogP contribution in [0, 0.1) is 0 Å². The van der Waals surface area contributed by atoms with Gasteiger partial charge >= 0.3 is 0 Å². The maximum absolute atomic E-state index is 12.5. The van der Waals surface area contributed by atoms with Gasteiger partial charge in [0.25, 0.3) is 5.91 Å². The molecule has 1 heterocycles. The number of ether oxygens (including phenoxy) is 1. The Bertz CT molecular complexity index is 417. The molecule has 2 rings (SSSR count). The molecule has 1 amide bonds. The molecule has 4 heteroatoms. The van der Waals surface area contributed by atoms with Crippen LogP contribution in [0.25, 0.3) is 0 Å². The summed E-state index contributed by atoms with van der Waals surface area (Å²) in [6, 6.07) is 7.47. The maximum atomic E-state index is 12.5. The van der Waals surface area contributed by atoms with Crippen LogP contribution in [-0.4, -0.2) is 37.1 Å². The summed E-state index contributed by atoms with van der Waals surface area (Å²) in [6.07, 6.45) is 4.27. The average molecular weight is 262 g/mol. The Morgan fingerprint density at radius 3 is 2.79 bits per heavy atom. The van der Waals surface area contributed by atoms with Crippen LogP contribution in [0.15, 0.2) is 24.3 Å². The Balaban J connectivity index is 2.08. The Morgan fingerprint density at radius 2 is 2.11 bits per heavy atom. The fourth-order valence-corrected chi connectivity index (χ4v) is 2.61. The van der Waals surface area contributed by atoms with Gasteiger partial charge in [0.05, 0.1) is 0 Å². The number of hydrogen-bond donors (Lipinski definition) is 1. The lowest BCUT2D eigenvalue weighted by molar-refractivity contribution is 0.0553. The third-order valence-corrected chi connectivity index (χ3v) is 3.70. The Morgan fingerprint density at radius 1 is 1.37 bits per heavy atom. The molecule has 1 aromatic carbocycles. The van der Waals surface area contributed by atoms with Crippen molar-refractivity contribution in [3.8, 4) is 0 Å². The number of carbonyl (C=O) groups excluding carboxylic acids is 1. The van der Waals surface area contributed by atoms with E-state index < -0.39 is 0 Å². The Hall–Kier alpha value is -1.55. The van der Waals surface area contributed by atoms with E-state index in [1.165, 1.54) is 6.42 Å². The molecule has 0 radical (unpaired) electrons. The van der Waals surface area contributed by atoms with E-state index in [-0.39, 0.29) is 5.91 Å². The van der Waals surface area contributed by atoms with Crippen LogP contribution >= 0.6 is 0 Å². The second-order valence-electron chi connectivity index (χ2n) is 5.05. The molecule has 104 valence electrons. The standard InChI is InChI=1S/C15H22N2O2/c1-19-11-9-14-4-2-3-10-17(14)15(18)12-5-7-13(16)8-6-12/h5-8,14H,2-4,9-11,16H2,1H3. The highest BCUT2D eigenvalue weighted by molar-refractivity contribution is 5.94. The van der Waals surface area contributed by atoms with Crippen molar-refractivity contribution in [2.24, 2.45) is 0 Å². The van der Waals surface area contributed by atoms with Gasteiger partial charge in [0, 0.05) is 37.6 Å². The molecule has 0 spiro atoms. The smallest absolute Gasteiger partial charge is 0.254 e. The minimum Gasteiger partial charge on any atom is -0.399 e. The number of amides is 1. The van der Waals surface area contributed by atoms with Crippen molar-refractivity contribution in [3.63, 3.8) is 0 Å². The average Bonchev–Trinajstić information content (AvgIpc) is 2.45. The molecule has 0 bridgehead atoms. The molecule has 19 heavy (non-hydrogen) atoms. The highest BCUT2D eigenvalue weighted by Crippen LogP contribution is 2.22. The normalized spacial score (nSPS) is 19.4. The van der Waals surface area contributed by atoms with Gasteiger partial charge in [-0.05, 0) is 49.9 Å². The lowest BCUT2D eigenvalue weighted by Crippen LogP contribution is -2.44. The number of nitrogens with two attached hydrogens (primary N) is 1. The van der Waals surface area contributed by atoms with Crippen LogP contribution in [0.1, 0.15) is 36.0 Å². The Kier molecular flexibility index (Phi) is 4.80. The van der Waals surface area contributed by atoms with Crippen molar-refractivity contribution >= 4 is 11.6 Å². The lowest BCUT2D eigenvalue weighted by Gasteiger charge is -2.36. The van der Waals surface area contributed by atoms with Gasteiger partial charge in [-0.1, -0.05) is 0 Å². The summed E-state index contributed by atoms with van der Waals surface area (Å²) >= 11 is 0. The second-order valence-corrected chi connectivity index (χ2v) is 5.05. The van der Waals surface area contributed by atoms with Gasteiger partial charge in [-0.25, -0.2) is 0 Å². The number of nitrogens with zero attached hydrogens (tertiary/aromatic N) is 1. The van der Waals surface area contributed by atoms with Gasteiger partial charge in [0.2, 0.25) is 0 Å². The monoisotopic (exact) mass is 262 g/mol. The molecule has 1 fully saturated rings. The third kappa shape index (κ3) is 3.47. The zero-order valence-electron chi connectivity index (χ0n) is 11.5. The first-order valence-corrected chi connectivity index (χ1v) is 6.88. The third-order valence-electron chi connectivity index (χ3n) is 3.70. The molecule has 4 nitrogen and oxygen atoms in total. The SMILES string of the molecule is COCCC1CCCCN1C(=O)c1ccc(N)cc1. The highest BCUT2D eigenvalue weighted by Gasteiger charge is 2.26. The van der Waals surface area contributed by atoms with Gasteiger partial charge in [0.15, 0.2) is 0 Å². The van der Waals surface area contributed by atoms with Crippen LogP contribution in [0.3, 0.4) is 0 Å². The number of likely N-dealkylation sites (tertiary alicyclic amines) is 1. The number of methoxy groups -OCH3 is 1. The summed E-state index contributed by atoms with van der Waals surface area (Å²) in [7, 11) is 1.70. The number of carbonyl (C=O) groups is 1. The van der Waals surface area contributed by atoms with Gasteiger partial charge < -0.3 is 15.4 Å². The summed E-state index contributed by atoms with van der Waals surface area (Å²) in [4.78, 5) is 14.5. The van der Waals surface area contributed by atoms with E-state index in [9.17, 15) is 4.79 Å². The van der Waals surface area contributed by atoms with Gasteiger partial charge in [-0.3, -0.25) is 4.79 Å². The number of anilines is 1. The molecule has 1 atom stereocenters. The summed E-state index contributed by atoms with van der Waals surface area (Å²) in [5.41, 5.74) is 7.06. The van der Waals surface area contributed by atoms with E-state index in [0.29, 0.717) is 18.3 Å². The Labute approximate surface area is 114 Å². The first-order chi connectivity index (χ1) is 9.22. The molecular formula is C15H22N2O2. The fourth-order valence-electron chi connectivity index (χ4n) is 2.61. The molecule has 1 unspecified atom stereocenters. The molecule has 1 aliphatic heterocycles. The summed E-state index contributed by atoms with van der Waals surface area (Å²) in [6.45, 7) is 1.55. The van der Waals surface area contributed by atoms with E-state index in [2.05, 4.69) is 0 Å². The molecular weight excluding hydrogens is 240 g/mol. The highest BCUT2D eigenvalue weighted by atomic mass is 16.5. The molecule has 1 aromatic rings. The number of benzene rings is 1. The summed E-state index contributed by atoms with van der Waals surface area (Å²) in [5.74, 6) is 0.112. The van der Waals surface area contributed by atoms with Crippen molar-refractivity contribution in [2.45, 2.75) is 31.7 Å². The van der Waals surface area contributed by atoms with E-state index in [1.54, 1.807) is 31.4 Å². The molecule has 0 aliphatic carbocycles. The van der Waals surface area contributed by atoms with E-state index in [0.717, 1.165) is 31.4 Å². The van der Waals surface area contributed by atoms with Gasteiger partial charge in [0.1, 0.15) is 0 Å². The van der Waals surface area contributed by atoms with E-state index in [1.807, 2.05) is 4.90 Å². The lowest BCUT2D eigenvalue weighted by atomic mass is 9.98. The molecule has 2 N–H and O–H groups in total. The van der Waals surface area contributed by atoms with E-state index >= 15 is 0 Å². The minimum absolute atomic E-state index is 0.112. The quantitative estimate of drug-likeness (QED) is 0.847. The van der Waals surface area contributed by atoms with Crippen LogP contribution < -0.4 is 5.73 Å². The second kappa shape index (κ2) is 6.57. The van der Waals surface area contributed by atoms with Crippen molar-refractivity contribution in [1.82, 2.24) is 4.90 Å². The van der Waals surface area contributed by atoms with Gasteiger partial charge in [-0.2, -0.15) is 0 Å². The van der Waals surface area contributed by atoms with Crippen LogP contribution in [0.4, 0.5) is 5.69 Å². The minimum atomic E-state index is 0.112. The number of rotatable bonds is 4. The van der Waals surface area contributed by atoms with Crippen LogP contribution in [0.5, 0.6) is 0 Å². The van der Waals surface area contributed by atoms with Crippen molar-refractivity contribution in [3.05, 3.63) is 29.8 Å². The first-order valence-electron chi connectivity index (χ1n) is 6.88. The van der Waals surface area contributed by atoms with Crippen molar-refractivity contribution < 1.29 is 9.53 Å². The molecule has 0 aromatic heterocycles. The fraction of sp³-hybridized carbons (Fsp3) is 0.533. The first kappa shape index (κ1) is 13.9. The number of piperidine rings is 1. The molecule has 0 saturated carbocycles. The van der Waals surface area contributed by atoms with Crippen LogP contribution in [-0.2, 0) is 4.74 Å². The zero-order valence-corrected chi connectivity index (χ0v) is 11.5. The predicted molar refractivity (Wildman–Crippen MR) is 76.0 cm³/mol. The van der Waals surface area contributed by atoms with E-state index in [4.69, 9.17) is 10.5 Å². The number of hydrogen-bond acceptors (Lipinski definition) is 3. The summed E-state index contributed by atoms with van der Waals surface area (Å²) < 4.78 is 5.14. The largest absolute Gasteiger partial charge is 0.399 e. The maximum Gasteiger partial charge on any atom is 0.254 e. The van der Waals surface area contributed by atoms with Crippen molar-refractivity contribution in [1.29, 1.82) is 0 Å². The van der Waals surface area contributed by atoms with Crippen molar-refractivity contribution in [2.75, 3.05) is 26.0 Å². The zero-order chi connectivity index (χ0) is 13.7. The molecule has 1 aliphatic rings. The predicted octanol–water partition coefficient (Wildman–Crippen LogP) is 2.30. The summed E-state index contributed by atoms with van der Waals surface area (Å²) in [5, 5.41) is 0.